The fourth-order valence-corrected chi connectivity index (χ4v) is 9.27. The van der Waals surface area contributed by atoms with Crippen LogP contribution in [0.3, 0.4) is 0 Å². The molecule has 0 bridgehead atoms. The van der Waals surface area contributed by atoms with Gasteiger partial charge < -0.3 is 19.0 Å². The summed E-state index contributed by atoms with van der Waals surface area (Å²) in [7, 11) is 0. The molecule has 4 aliphatic rings. The number of fused-ring (bicyclic) bond motifs is 5. The van der Waals surface area contributed by atoms with Gasteiger partial charge in [-0.05, 0) is 68.9 Å². The summed E-state index contributed by atoms with van der Waals surface area (Å²) in [6.45, 7) is 7.60. The largest absolute Gasteiger partial charge is 0.457 e. The molecule has 0 saturated heterocycles. The highest BCUT2D eigenvalue weighted by atomic mass is 32.2. The monoisotopic (exact) mass is 602 g/mol. The Labute approximate surface area is 248 Å². The number of thioether (sulfide) groups is 1. The third-order valence-electron chi connectivity index (χ3n) is 10.2. The van der Waals surface area contributed by atoms with E-state index in [9.17, 15) is 19.5 Å². The smallest absolute Gasteiger partial charge is 0.375 e. The van der Waals surface area contributed by atoms with Crippen LogP contribution in [-0.4, -0.2) is 64.5 Å². The summed E-state index contributed by atoms with van der Waals surface area (Å²) in [6, 6.07) is 2.95. The zero-order valence-corrected chi connectivity index (χ0v) is 25.0. The van der Waals surface area contributed by atoms with Crippen molar-refractivity contribution in [1.29, 1.82) is 0 Å². The van der Waals surface area contributed by atoms with Crippen LogP contribution in [0.25, 0.3) is 0 Å². The first-order valence-electron chi connectivity index (χ1n) is 14.3. The topological polar surface area (TPSA) is 103 Å². The molecular weight excluding hydrogens is 566 g/mol. The molecule has 0 amide bonds. The molecule has 0 aliphatic heterocycles. The molecular formula is C32H36F2O7S. The minimum Gasteiger partial charge on any atom is -0.457 e. The standard InChI is InChI=1S/C32H36F2O7S/c1-5-39-12-6-7-14-42-28(38)32(41-27(37)25-9-8-13-40-25)19(2)15-21-22-17-24(33)23-16-20(35)10-11-29(23,3)31(22,34)26(36)18-30(21,32)4/h8-11,13,16,19,21-22,24,26,36H,5,12,14-15,17-18H2,1-4H3/t19-,21+,22+,24+,26+,29+,30+,31+,32+/m1/s1. The average Bonchev–Trinajstić information content (AvgIpc) is 3.56. The van der Waals surface area contributed by atoms with E-state index in [2.05, 4.69) is 11.8 Å². The third kappa shape index (κ3) is 4.34. The molecule has 9 atom stereocenters. The Morgan fingerprint density at radius 1 is 1.24 bits per heavy atom. The molecule has 5 rings (SSSR count). The van der Waals surface area contributed by atoms with Crippen molar-refractivity contribution in [2.24, 2.45) is 28.6 Å². The number of hydrogen-bond donors (Lipinski definition) is 1. The number of carbonyl (C=O) groups is 3. The molecule has 10 heteroatoms. The molecule has 226 valence electrons. The van der Waals surface area contributed by atoms with E-state index in [-0.39, 0.29) is 43.0 Å². The summed E-state index contributed by atoms with van der Waals surface area (Å²) in [4.78, 5) is 39.7. The van der Waals surface area contributed by atoms with Gasteiger partial charge in [0.2, 0.25) is 10.9 Å². The quantitative estimate of drug-likeness (QED) is 0.275. The van der Waals surface area contributed by atoms with Gasteiger partial charge in [0.05, 0.1) is 18.1 Å². The zero-order chi connectivity index (χ0) is 30.5. The molecule has 3 fully saturated rings. The molecule has 0 unspecified atom stereocenters. The number of ketones is 1. The van der Waals surface area contributed by atoms with E-state index in [1.54, 1.807) is 13.8 Å². The van der Waals surface area contributed by atoms with Gasteiger partial charge in [-0.3, -0.25) is 9.59 Å². The Balaban J connectivity index is 1.56. The van der Waals surface area contributed by atoms with Crippen molar-refractivity contribution in [3.8, 4) is 11.8 Å². The molecule has 4 aliphatic carbocycles. The van der Waals surface area contributed by atoms with Crippen molar-refractivity contribution >= 4 is 28.6 Å². The Hall–Kier alpha value is -2.74. The van der Waals surface area contributed by atoms with Crippen molar-refractivity contribution in [3.05, 3.63) is 48.0 Å². The minimum atomic E-state index is -2.31. The van der Waals surface area contributed by atoms with Gasteiger partial charge in [-0.25, -0.2) is 13.6 Å². The van der Waals surface area contributed by atoms with Crippen LogP contribution in [0.4, 0.5) is 8.78 Å². The second-order valence-electron chi connectivity index (χ2n) is 12.2. The Kier molecular flexibility index (Phi) is 8.10. The lowest BCUT2D eigenvalue weighted by Gasteiger charge is -2.63. The first kappa shape index (κ1) is 30.7. The molecule has 0 radical (unpaired) electrons. The predicted molar refractivity (Wildman–Crippen MR) is 152 cm³/mol. The van der Waals surface area contributed by atoms with E-state index >= 15 is 8.78 Å². The van der Waals surface area contributed by atoms with Crippen LogP contribution in [0.2, 0.25) is 0 Å². The van der Waals surface area contributed by atoms with Crippen LogP contribution in [0.5, 0.6) is 0 Å². The van der Waals surface area contributed by atoms with Gasteiger partial charge in [0.15, 0.2) is 17.1 Å². The number of furan rings is 1. The number of ether oxygens (including phenoxy) is 2. The lowest BCUT2D eigenvalue weighted by Crippen LogP contribution is -2.70. The maximum atomic E-state index is 17.6. The summed E-state index contributed by atoms with van der Waals surface area (Å²) in [5, 5.41) is 11.2. The molecule has 3 saturated carbocycles. The fourth-order valence-electron chi connectivity index (χ4n) is 8.27. The van der Waals surface area contributed by atoms with Crippen LogP contribution in [0, 0.1) is 40.4 Å². The average molecular weight is 603 g/mol. The molecule has 0 aromatic carbocycles. The van der Waals surface area contributed by atoms with E-state index in [0.717, 1.165) is 17.8 Å². The summed E-state index contributed by atoms with van der Waals surface area (Å²) < 4.78 is 50.0. The van der Waals surface area contributed by atoms with E-state index < -0.39 is 69.0 Å². The number of alkyl halides is 2. The molecule has 1 aromatic heterocycles. The third-order valence-corrected chi connectivity index (χ3v) is 11.1. The number of esters is 1. The number of rotatable bonds is 6. The van der Waals surface area contributed by atoms with Gasteiger partial charge in [-0.1, -0.05) is 43.5 Å². The maximum absolute atomic E-state index is 17.6. The molecule has 1 aromatic rings. The van der Waals surface area contributed by atoms with Crippen molar-refractivity contribution in [2.45, 2.75) is 70.5 Å². The first-order valence-corrected chi connectivity index (χ1v) is 15.3. The van der Waals surface area contributed by atoms with E-state index in [0.29, 0.717) is 6.61 Å². The Morgan fingerprint density at radius 2 is 2.00 bits per heavy atom. The molecule has 1 N–H and O–H groups in total. The van der Waals surface area contributed by atoms with E-state index in [4.69, 9.17) is 13.9 Å². The number of allylic oxidation sites excluding steroid dienone is 4. The summed E-state index contributed by atoms with van der Waals surface area (Å²) in [5.74, 6) is 2.22. The van der Waals surface area contributed by atoms with Crippen LogP contribution in [0.1, 0.15) is 57.5 Å². The van der Waals surface area contributed by atoms with Gasteiger partial charge >= 0.3 is 5.97 Å². The van der Waals surface area contributed by atoms with Crippen molar-refractivity contribution in [2.75, 3.05) is 19.0 Å². The van der Waals surface area contributed by atoms with Crippen molar-refractivity contribution < 1.29 is 42.2 Å². The number of carbonyl (C=O) groups excluding carboxylic acids is 3. The van der Waals surface area contributed by atoms with E-state index in [1.165, 1.54) is 37.5 Å². The molecule has 42 heavy (non-hydrogen) atoms. The second-order valence-corrected chi connectivity index (χ2v) is 13.1. The highest BCUT2D eigenvalue weighted by Gasteiger charge is 2.78. The van der Waals surface area contributed by atoms with Crippen LogP contribution >= 0.6 is 11.8 Å². The Bertz CT molecular complexity index is 1380. The van der Waals surface area contributed by atoms with Gasteiger partial charge in [0.25, 0.3) is 0 Å². The summed E-state index contributed by atoms with van der Waals surface area (Å²) in [6.07, 6.45) is 1.57. The predicted octanol–water partition coefficient (Wildman–Crippen LogP) is 5.04. The van der Waals surface area contributed by atoms with E-state index in [1.807, 2.05) is 6.92 Å². The normalized spacial score (nSPS) is 40.2. The zero-order valence-electron chi connectivity index (χ0n) is 24.2. The van der Waals surface area contributed by atoms with Crippen LogP contribution in [0.15, 0.2) is 46.6 Å². The minimum absolute atomic E-state index is 0.0233. The molecule has 7 nitrogen and oxygen atoms in total. The lowest BCUT2D eigenvalue weighted by molar-refractivity contribution is -0.221. The molecule has 0 spiro atoms. The number of halogens is 2. The van der Waals surface area contributed by atoms with Crippen molar-refractivity contribution in [3.63, 3.8) is 0 Å². The maximum Gasteiger partial charge on any atom is 0.375 e. The van der Waals surface area contributed by atoms with Crippen LogP contribution < -0.4 is 0 Å². The highest BCUT2D eigenvalue weighted by molar-refractivity contribution is 8.14. The highest BCUT2D eigenvalue weighted by Crippen LogP contribution is 2.72. The Morgan fingerprint density at radius 3 is 2.69 bits per heavy atom. The molecule has 1 heterocycles. The van der Waals surface area contributed by atoms with Gasteiger partial charge in [-0.2, -0.15) is 0 Å². The number of hydrogen-bond acceptors (Lipinski definition) is 8. The first-order chi connectivity index (χ1) is 19.9. The van der Waals surface area contributed by atoms with Gasteiger partial charge in [0, 0.05) is 29.3 Å². The second kappa shape index (κ2) is 11.1. The van der Waals surface area contributed by atoms with Crippen molar-refractivity contribution in [1.82, 2.24) is 0 Å². The van der Waals surface area contributed by atoms with Gasteiger partial charge in [0.1, 0.15) is 12.8 Å². The number of aliphatic hydroxyl groups is 1. The summed E-state index contributed by atoms with van der Waals surface area (Å²) in [5.41, 5.74) is -6.88. The SMILES string of the molecule is CCOCC#CCSC(=O)[C@@]1(OC(=O)c2ccco2)[C@H](C)C[C@H]2[C@@H]3C[C@H](F)C4=CC(=O)C=C[C@]4(C)[C@@]3(F)[C@@H](O)C[C@@]21C. The van der Waals surface area contributed by atoms with Gasteiger partial charge in [-0.15, -0.1) is 0 Å². The number of aliphatic hydroxyl groups excluding tert-OH is 1. The lowest BCUT2D eigenvalue weighted by atomic mass is 9.44. The van der Waals surface area contributed by atoms with Crippen LogP contribution in [-0.2, 0) is 19.1 Å². The summed E-state index contributed by atoms with van der Waals surface area (Å²) >= 11 is 0.893. The fraction of sp³-hybridized carbons (Fsp3) is 0.594.